The van der Waals surface area contributed by atoms with Gasteiger partial charge in [-0.15, -0.1) is 0 Å². The summed E-state index contributed by atoms with van der Waals surface area (Å²) in [5.41, 5.74) is 1.10. The lowest BCUT2D eigenvalue weighted by atomic mass is 10.3. The molecular weight excluding hydrogens is 296 g/mol. The highest BCUT2D eigenvalue weighted by Crippen LogP contribution is 2.08. The third kappa shape index (κ3) is 4.20. The lowest BCUT2D eigenvalue weighted by molar-refractivity contribution is 0.345. The van der Waals surface area contributed by atoms with E-state index in [1.165, 1.54) is 0 Å². The molecule has 0 amide bonds. The molecule has 0 unspecified atom stereocenters. The van der Waals surface area contributed by atoms with Crippen LogP contribution in [0.2, 0.25) is 0 Å². The van der Waals surface area contributed by atoms with Crippen LogP contribution in [0.1, 0.15) is 5.69 Å². The van der Waals surface area contributed by atoms with Crippen molar-refractivity contribution in [2.24, 2.45) is 0 Å². The summed E-state index contributed by atoms with van der Waals surface area (Å²) in [6, 6.07) is 4.05. The highest BCUT2D eigenvalue weighted by atomic mass is 79.9. The Morgan fingerprint density at radius 3 is 2.77 bits per heavy atom. The van der Waals surface area contributed by atoms with Crippen LogP contribution in [-0.4, -0.2) is 28.8 Å². The molecule has 0 aliphatic carbocycles. The van der Waals surface area contributed by atoms with Gasteiger partial charge in [-0.05, 0) is 35.1 Å². The zero-order valence-corrected chi connectivity index (χ0v) is 10.7. The van der Waals surface area contributed by atoms with Gasteiger partial charge in [-0.2, -0.15) is 0 Å². The molecule has 0 aromatic carbocycles. The van der Waals surface area contributed by atoms with Gasteiger partial charge in [0.05, 0.1) is 5.69 Å². The number of pyridine rings is 1. The first-order valence-corrected chi connectivity index (χ1v) is 5.99. The van der Waals surface area contributed by atoms with Crippen LogP contribution >= 0.6 is 31.9 Å². The molecule has 4 heteroatoms. The predicted molar refractivity (Wildman–Crippen MR) is 62.1 cm³/mol. The van der Waals surface area contributed by atoms with Gasteiger partial charge in [0.25, 0.3) is 0 Å². The quantitative estimate of drug-likeness (QED) is 0.795. The Bertz CT molecular complexity index is 248. The van der Waals surface area contributed by atoms with E-state index in [0.29, 0.717) is 0 Å². The van der Waals surface area contributed by atoms with E-state index in [-0.39, 0.29) is 0 Å². The van der Waals surface area contributed by atoms with Gasteiger partial charge in [0.2, 0.25) is 0 Å². The van der Waals surface area contributed by atoms with Gasteiger partial charge >= 0.3 is 0 Å². The van der Waals surface area contributed by atoms with Gasteiger partial charge in [-0.3, -0.25) is 9.88 Å². The second-order valence-electron chi connectivity index (χ2n) is 2.89. The molecule has 0 N–H and O–H groups in total. The molecule has 1 rings (SSSR count). The van der Waals surface area contributed by atoms with Crippen LogP contribution in [-0.2, 0) is 6.54 Å². The minimum Gasteiger partial charge on any atom is -0.300 e. The monoisotopic (exact) mass is 306 g/mol. The number of nitrogens with zero attached hydrogens (tertiary/aromatic N) is 2. The Balaban J connectivity index is 2.49. The maximum Gasteiger partial charge on any atom is 0.0544 e. The van der Waals surface area contributed by atoms with Crippen LogP contribution in [0.4, 0.5) is 0 Å². The van der Waals surface area contributed by atoms with Gasteiger partial charge < -0.3 is 0 Å². The minimum atomic E-state index is 0.902. The summed E-state index contributed by atoms with van der Waals surface area (Å²) in [5, 5.41) is 1.00. The van der Waals surface area contributed by atoms with Crippen molar-refractivity contribution in [1.82, 2.24) is 9.88 Å². The number of hydrogen-bond acceptors (Lipinski definition) is 2. The maximum atomic E-state index is 4.30. The fraction of sp³-hybridized carbons (Fsp3) is 0.444. The van der Waals surface area contributed by atoms with Gasteiger partial charge in [0.1, 0.15) is 0 Å². The van der Waals surface area contributed by atoms with E-state index in [9.17, 15) is 0 Å². The molecule has 13 heavy (non-hydrogen) atoms. The molecule has 0 radical (unpaired) electrons. The normalized spacial score (nSPS) is 10.8. The summed E-state index contributed by atoms with van der Waals surface area (Å²) in [4.78, 5) is 6.52. The van der Waals surface area contributed by atoms with E-state index in [2.05, 4.69) is 48.8 Å². The minimum absolute atomic E-state index is 0.902. The Kier molecular flexibility index (Phi) is 4.91. The topological polar surface area (TPSA) is 16.1 Å². The van der Waals surface area contributed by atoms with E-state index in [1.54, 1.807) is 0 Å². The first kappa shape index (κ1) is 11.1. The first-order chi connectivity index (χ1) is 6.22. The van der Waals surface area contributed by atoms with Crippen LogP contribution in [0.5, 0.6) is 0 Å². The lowest BCUT2D eigenvalue weighted by Crippen LogP contribution is -2.20. The highest BCUT2D eigenvalue weighted by molar-refractivity contribution is 9.10. The van der Waals surface area contributed by atoms with Gasteiger partial charge in [-0.25, -0.2) is 0 Å². The van der Waals surface area contributed by atoms with Crippen molar-refractivity contribution in [2.75, 3.05) is 18.9 Å². The molecule has 0 spiro atoms. The van der Waals surface area contributed by atoms with Crippen molar-refractivity contribution in [3.05, 3.63) is 28.5 Å². The molecule has 1 aromatic heterocycles. The van der Waals surface area contributed by atoms with Crippen LogP contribution in [0.15, 0.2) is 22.8 Å². The fourth-order valence-electron chi connectivity index (χ4n) is 1.000. The lowest BCUT2D eigenvalue weighted by Gasteiger charge is -2.13. The summed E-state index contributed by atoms with van der Waals surface area (Å²) in [6.45, 7) is 1.94. The smallest absolute Gasteiger partial charge is 0.0544 e. The average Bonchev–Trinajstić information content (AvgIpc) is 2.09. The summed E-state index contributed by atoms with van der Waals surface area (Å²) in [6.07, 6.45) is 1.83. The zero-order chi connectivity index (χ0) is 9.68. The standard InChI is InChI=1S/C9H12Br2N2/c1-13(5-4-10)7-9-3-2-8(11)6-12-9/h2-3,6H,4-5,7H2,1H3. The maximum absolute atomic E-state index is 4.30. The summed E-state index contributed by atoms with van der Waals surface area (Å²) in [7, 11) is 2.09. The summed E-state index contributed by atoms with van der Waals surface area (Å²) < 4.78 is 1.03. The van der Waals surface area contributed by atoms with Crippen LogP contribution in [0.3, 0.4) is 0 Å². The number of alkyl halides is 1. The summed E-state index contributed by atoms with van der Waals surface area (Å²) in [5.74, 6) is 0. The molecule has 0 bridgehead atoms. The van der Waals surface area contributed by atoms with Crippen LogP contribution in [0.25, 0.3) is 0 Å². The van der Waals surface area contributed by atoms with Crippen molar-refractivity contribution in [1.29, 1.82) is 0 Å². The number of rotatable bonds is 4. The largest absolute Gasteiger partial charge is 0.300 e. The number of hydrogen-bond donors (Lipinski definition) is 0. The Labute approximate surface area is 95.6 Å². The molecule has 1 heterocycles. The van der Waals surface area contributed by atoms with Crippen molar-refractivity contribution in [3.8, 4) is 0 Å². The molecule has 1 aromatic rings. The number of aromatic nitrogens is 1. The molecular formula is C9H12Br2N2. The molecule has 0 aliphatic rings. The van der Waals surface area contributed by atoms with E-state index >= 15 is 0 Å². The van der Waals surface area contributed by atoms with Crippen molar-refractivity contribution >= 4 is 31.9 Å². The average molecular weight is 308 g/mol. The molecule has 0 aliphatic heterocycles. The van der Waals surface area contributed by atoms with E-state index in [0.717, 1.165) is 28.6 Å². The molecule has 0 atom stereocenters. The molecule has 0 fully saturated rings. The zero-order valence-electron chi connectivity index (χ0n) is 7.50. The molecule has 72 valence electrons. The highest BCUT2D eigenvalue weighted by Gasteiger charge is 1.99. The van der Waals surface area contributed by atoms with Gasteiger partial charge in [0, 0.05) is 29.1 Å². The Hall–Kier alpha value is 0.0700. The van der Waals surface area contributed by atoms with E-state index in [1.807, 2.05) is 18.3 Å². The summed E-state index contributed by atoms with van der Waals surface area (Å²) >= 11 is 6.76. The first-order valence-electron chi connectivity index (χ1n) is 4.07. The van der Waals surface area contributed by atoms with E-state index < -0.39 is 0 Å². The Morgan fingerprint density at radius 2 is 2.23 bits per heavy atom. The van der Waals surface area contributed by atoms with Crippen molar-refractivity contribution in [2.45, 2.75) is 6.54 Å². The second kappa shape index (κ2) is 5.73. The molecule has 2 nitrogen and oxygen atoms in total. The third-order valence-corrected chi connectivity index (χ3v) is 2.51. The second-order valence-corrected chi connectivity index (χ2v) is 4.60. The number of halogens is 2. The SMILES string of the molecule is CN(CCBr)Cc1ccc(Br)cn1. The van der Waals surface area contributed by atoms with Crippen LogP contribution < -0.4 is 0 Å². The third-order valence-electron chi connectivity index (χ3n) is 1.69. The fourth-order valence-corrected chi connectivity index (χ4v) is 1.84. The van der Waals surface area contributed by atoms with Crippen molar-refractivity contribution in [3.63, 3.8) is 0 Å². The Morgan fingerprint density at radius 1 is 1.46 bits per heavy atom. The molecule has 0 saturated carbocycles. The molecule has 0 saturated heterocycles. The van der Waals surface area contributed by atoms with Gasteiger partial charge in [-0.1, -0.05) is 15.9 Å². The van der Waals surface area contributed by atoms with E-state index in [4.69, 9.17) is 0 Å². The predicted octanol–water partition coefficient (Wildman–Crippen LogP) is 2.67. The van der Waals surface area contributed by atoms with Crippen molar-refractivity contribution < 1.29 is 0 Å². The van der Waals surface area contributed by atoms with Gasteiger partial charge in [0.15, 0.2) is 0 Å². The van der Waals surface area contributed by atoms with Crippen LogP contribution in [0, 0.1) is 0 Å².